The van der Waals surface area contributed by atoms with E-state index in [1.165, 1.54) is 0 Å². The molecule has 9 heteroatoms. The molecular weight excluding hydrogens is 646 g/mol. The van der Waals surface area contributed by atoms with Gasteiger partial charge >= 0.3 is 0 Å². The van der Waals surface area contributed by atoms with Crippen molar-refractivity contribution in [2.75, 3.05) is 13.2 Å². The van der Waals surface area contributed by atoms with Crippen LogP contribution < -0.4 is 5.32 Å². The molecule has 0 aliphatic carbocycles. The molecule has 288 valence electrons. The van der Waals surface area contributed by atoms with Gasteiger partial charge in [0, 0.05) is 6.42 Å². The van der Waals surface area contributed by atoms with Crippen LogP contribution in [0.15, 0.2) is 97.2 Å². The maximum atomic E-state index is 12.8. The van der Waals surface area contributed by atoms with E-state index in [0.29, 0.717) is 6.42 Å². The van der Waals surface area contributed by atoms with Crippen LogP contribution in [0.2, 0.25) is 0 Å². The minimum Gasteiger partial charge on any atom is -0.394 e. The number of rotatable bonds is 28. The largest absolute Gasteiger partial charge is 0.394 e. The van der Waals surface area contributed by atoms with E-state index in [2.05, 4.69) is 104 Å². The van der Waals surface area contributed by atoms with Crippen LogP contribution in [0.25, 0.3) is 0 Å². The van der Waals surface area contributed by atoms with Crippen molar-refractivity contribution < 1.29 is 39.8 Å². The zero-order valence-electron chi connectivity index (χ0n) is 31.1. The molecule has 1 aliphatic rings. The summed E-state index contributed by atoms with van der Waals surface area (Å²) in [5.74, 6) is -0.241. The first-order valence-electron chi connectivity index (χ1n) is 19.0. The summed E-state index contributed by atoms with van der Waals surface area (Å²) in [6.07, 6.45) is 37.7. The fourth-order valence-corrected chi connectivity index (χ4v) is 5.06. The molecule has 1 fully saturated rings. The highest BCUT2D eigenvalue weighted by Gasteiger charge is 2.44. The Kier molecular flexibility index (Phi) is 28.8. The van der Waals surface area contributed by atoms with Crippen LogP contribution >= 0.6 is 0 Å². The molecule has 6 N–H and O–H groups in total. The molecule has 0 aromatic carbocycles. The molecule has 51 heavy (non-hydrogen) atoms. The predicted molar refractivity (Wildman–Crippen MR) is 207 cm³/mol. The normalized spacial score (nSPS) is 23.2. The number of carbonyl (C=O) groups excluding carboxylic acids is 1. The summed E-state index contributed by atoms with van der Waals surface area (Å²) in [4.78, 5) is 12.8. The van der Waals surface area contributed by atoms with Crippen molar-refractivity contribution in [2.45, 2.75) is 147 Å². The van der Waals surface area contributed by atoms with Gasteiger partial charge in [0.25, 0.3) is 0 Å². The smallest absolute Gasteiger partial charge is 0.220 e. The van der Waals surface area contributed by atoms with Crippen LogP contribution in [0.5, 0.6) is 0 Å². The van der Waals surface area contributed by atoms with E-state index in [1.54, 1.807) is 6.08 Å². The van der Waals surface area contributed by atoms with Gasteiger partial charge in [0.2, 0.25) is 5.91 Å². The molecule has 1 amide bonds. The molecule has 9 nitrogen and oxygen atoms in total. The number of carbonyl (C=O) groups is 1. The van der Waals surface area contributed by atoms with Crippen LogP contribution in [0, 0.1) is 0 Å². The first kappa shape index (κ1) is 46.1. The predicted octanol–water partition coefficient (Wildman–Crippen LogP) is 6.60. The molecular formula is C42H67NO8. The van der Waals surface area contributed by atoms with Gasteiger partial charge in [-0.3, -0.25) is 4.79 Å². The van der Waals surface area contributed by atoms with Gasteiger partial charge in [-0.25, -0.2) is 0 Å². The first-order valence-corrected chi connectivity index (χ1v) is 19.0. The number of nitrogens with one attached hydrogen (secondary N) is 1. The number of aliphatic hydroxyl groups is 5. The fourth-order valence-electron chi connectivity index (χ4n) is 5.06. The third-order valence-corrected chi connectivity index (χ3v) is 8.12. The Morgan fingerprint density at radius 1 is 0.686 bits per heavy atom. The Labute approximate surface area is 307 Å². The topological polar surface area (TPSA) is 149 Å². The third kappa shape index (κ3) is 23.3. The number of aliphatic hydroxyl groups excluding tert-OH is 5. The van der Waals surface area contributed by atoms with Gasteiger partial charge in [0.1, 0.15) is 24.4 Å². The molecule has 0 bridgehead atoms. The van der Waals surface area contributed by atoms with Crippen LogP contribution in [0.3, 0.4) is 0 Å². The van der Waals surface area contributed by atoms with E-state index in [-0.39, 0.29) is 18.9 Å². The number of hydrogen-bond donors (Lipinski definition) is 6. The van der Waals surface area contributed by atoms with E-state index in [0.717, 1.165) is 77.0 Å². The van der Waals surface area contributed by atoms with E-state index in [4.69, 9.17) is 9.47 Å². The summed E-state index contributed by atoms with van der Waals surface area (Å²) in [5.41, 5.74) is 0. The quantitative estimate of drug-likeness (QED) is 0.0393. The second kappa shape index (κ2) is 31.8. The Morgan fingerprint density at radius 2 is 1.22 bits per heavy atom. The molecule has 0 spiro atoms. The number of amides is 1. The second-order valence-electron chi connectivity index (χ2n) is 12.6. The van der Waals surface area contributed by atoms with Crippen LogP contribution in [-0.2, 0) is 14.3 Å². The summed E-state index contributed by atoms with van der Waals surface area (Å²) in [6, 6.07) is -0.847. The molecule has 0 saturated carbocycles. The van der Waals surface area contributed by atoms with Crippen LogP contribution in [0.4, 0.5) is 0 Å². The molecule has 1 aliphatic heterocycles. The van der Waals surface area contributed by atoms with Gasteiger partial charge < -0.3 is 40.3 Å². The summed E-state index contributed by atoms with van der Waals surface area (Å²) in [5, 5.41) is 53.6. The second-order valence-corrected chi connectivity index (χ2v) is 12.6. The van der Waals surface area contributed by atoms with E-state index < -0.39 is 49.5 Å². The molecule has 1 saturated heterocycles. The number of ether oxygens (including phenoxy) is 2. The lowest BCUT2D eigenvalue weighted by atomic mass is 9.99. The Bertz CT molecular complexity index is 1110. The van der Waals surface area contributed by atoms with Gasteiger partial charge in [-0.05, 0) is 77.0 Å². The Balaban J connectivity index is 2.41. The monoisotopic (exact) mass is 713 g/mol. The van der Waals surface area contributed by atoms with E-state index in [9.17, 15) is 30.3 Å². The fraction of sp³-hybridized carbons (Fsp3) is 0.595. The molecule has 1 rings (SSSR count). The molecule has 0 radical (unpaired) electrons. The highest BCUT2D eigenvalue weighted by molar-refractivity contribution is 5.76. The lowest BCUT2D eigenvalue weighted by Crippen LogP contribution is -2.60. The first-order chi connectivity index (χ1) is 24.8. The Hall–Kier alpha value is -2.89. The van der Waals surface area contributed by atoms with Gasteiger partial charge in [-0.15, -0.1) is 0 Å². The number of allylic oxidation sites excluding steroid dienone is 15. The number of hydrogen-bond acceptors (Lipinski definition) is 8. The maximum Gasteiger partial charge on any atom is 0.220 e. The summed E-state index contributed by atoms with van der Waals surface area (Å²) in [6.45, 7) is 3.45. The van der Waals surface area contributed by atoms with E-state index >= 15 is 0 Å². The highest BCUT2D eigenvalue weighted by Crippen LogP contribution is 2.22. The van der Waals surface area contributed by atoms with Crippen molar-refractivity contribution >= 4 is 5.91 Å². The van der Waals surface area contributed by atoms with Crippen molar-refractivity contribution in [1.29, 1.82) is 0 Å². The molecule has 1 heterocycles. The summed E-state index contributed by atoms with van der Waals surface area (Å²) >= 11 is 0. The molecule has 0 aromatic rings. The van der Waals surface area contributed by atoms with Crippen molar-refractivity contribution in [1.82, 2.24) is 5.32 Å². The number of unbranched alkanes of at least 4 members (excludes halogenated alkanes) is 4. The maximum absolute atomic E-state index is 12.8. The van der Waals surface area contributed by atoms with Gasteiger partial charge in [0.05, 0.1) is 25.4 Å². The summed E-state index contributed by atoms with van der Waals surface area (Å²) < 4.78 is 11.1. The van der Waals surface area contributed by atoms with Crippen LogP contribution in [-0.4, -0.2) is 87.5 Å². The zero-order valence-corrected chi connectivity index (χ0v) is 31.1. The zero-order chi connectivity index (χ0) is 37.4. The molecule has 0 aromatic heterocycles. The van der Waals surface area contributed by atoms with Gasteiger partial charge in [-0.2, -0.15) is 0 Å². The standard InChI is InChI=1S/C42H67NO8/c1-3-5-7-9-11-12-13-14-15-16-17-18-19-20-21-22-23-24-26-28-30-32-38(46)43-35(36(45)31-29-27-25-10-8-6-4-2)34-50-42-41(49)40(48)39(47)37(33-44)51-42/h5,7-8,10-12,14-15,17-18,20-21,23-24,29,31,35-37,39-42,44-45,47-49H,3-4,6,9,13,16,19,22,25-28,30,32-34H2,1-2H3,(H,43,46)/b7-5-,10-8+,12-11-,15-14-,18-17-,21-20-,24-23-,31-29+. The SMILES string of the molecule is CC/C=C\C/C=C\C/C=C\C/C=C\C/C=C\C/C=C\CCCCC(=O)NC(COC1OC(CO)C(O)C(O)C1O)C(O)/C=C/CC/C=C/CCC. The van der Waals surface area contributed by atoms with Gasteiger partial charge in [0.15, 0.2) is 6.29 Å². The lowest BCUT2D eigenvalue weighted by Gasteiger charge is -2.40. The minimum atomic E-state index is -1.58. The van der Waals surface area contributed by atoms with E-state index in [1.807, 2.05) is 6.08 Å². The van der Waals surface area contributed by atoms with Crippen molar-refractivity contribution in [3.63, 3.8) is 0 Å². The average Bonchev–Trinajstić information content (AvgIpc) is 3.13. The lowest BCUT2D eigenvalue weighted by molar-refractivity contribution is -0.302. The van der Waals surface area contributed by atoms with Gasteiger partial charge in [-0.1, -0.05) is 117 Å². The molecule has 7 atom stereocenters. The summed E-state index contributed by atoms with van der Waals surface area (Å²) in [7, 11) is 0. The van der Waals surface area contributed by atoms with Crippen molar-refractivity contribution in [3.05, 3.63) is 97.2 Å². The van der Waals surface area contributed by atoms with Crippen molar-refractivity contribution in [3.8, 4) is 0 Å². The average molecular weight is 714 g/mol. The third-order valence-electron chi connectivity index (χ3n) is 8.12. The van der Waals surface area contributed by atoms with Crippen molar-refractivity contribution in [2.24, 2.45) is 0 Å². The Morgan fingerprint density at radius 3 is 1.78 bits per heavy atom. The van der Waals surface area contributed by atoms with Crippen LogP contribution in [0.1, 0.15) is 104 Å². The minimum absolute atomic E-state index is 0.227. The highest BCUT2D eigenvalue weighted by atomic mass is 16.7. The molecule has 7 unspecified atom stereocenters.